The minimum atomic E-state index is -3.87. The summed E-state index contributed by atoms with van der Waals surface area (Å²) >= 11 is 1.19. The highest BCUT2D eigenvalue weighted by molar-refractivity contribution is 8.01. The molecule has 2 aliphatic heterocycles. The lowest BCUT2D eigenvalue weighted by atomic mass is 9.78. The van der Waals surface area contributed by atoms with Crippen LogP contribution in [0.15, 0.2) is 70.5 Å². The van der Waals surface area contributed by atoms with Crippen LogP contribution in [0.25, 0.3) is 0 Å². The number of fused-ring (bicyclic) bond motifs is 1. The number of carbonyl (C=O) groups excluding carboxylic acids is 2. The molecule has 0 aromatic heterocycles. The summed E-state index contributed by atoms with van der Waals surface area (Å²) in [5.41, 5.74) is 3.03. The van der Waals surface area contributed by atoms with Crippen molar-refractivity contribution in [2.75, 3.05) is 10.8 Å². The topological polar surface area (TPSA) is 125 Å². The zero-order valence-corrected chi connectivity index (χ0v) is 28.5. The van der Waals surface area contributed by atoms with Crippen LogP contribution in [0.3, 0.4) is 0 Å². The molecule has 2 aliphatic rings. The zero-order chi connectivity index (χ0) is 33.4. The van der Waals surface area contributed by atoms with Gasteiger partial charge in [0.1, 0.15) is 5.60 Å². The van der Waals surface area contributed by atoms with E-state index in [0.717, 1.165) is 27.1 Å². The molecule has 3 aromatic carbocycles. The van der Waals surface area contributed by atoms with Crippen LogP contribution < -0.4 is 4.31 Å². The van der Waals surface area contributed by atoms with Crippen molar-refractivity contribution < 1.29 is 27.9 Å². The minimum absolute atomic E-state index is 0.0850. The van der Waals surface area contributed by atoms with Crippen molar-refractivity contribution in [3.63, 3.8) is 0 Å². The van der Waals surface area contributed by atoms with Gasteiger partial charge in [0.25, 0.3) is 10.0 Å². The number of sulfonamides is 1. The number of cyclic esters (lactones) is 1. The van der Waals surface area contributed by atoms with E-state index >= 15 is 0 Å². The Bertz CT molecular complexity index is 1790. The maximum absolute atomic E-state index is 13.8. The summed E-state index contributed by atoms with van der Waals surface area (Å²) in [6.07, 6.45) is 1.61. The number of carbonyl (C=O) groups is 2. The van der Waals surface area contributed by atoms with Gasteiger partial charge in [0.2, 0.25) is 0 Å². The molecule has 0 bridgehead atoms. The van der Waals surface area contributed by atoms with Gasteiger partial charge in [-0.3, -0.25) is 13.9 Å². The van der Waals surface area contributed by atoms with E-state index in [1.807, 2.05) is 77.1 Å². The summed E-state index contributed by atoms with van der Waals surface area (Å²) in [5, 5.41) is 17.9. The first-order chi connectivity index (χ1) is 21.7. The SMILES string of the molecule is CC(C)C1(CCc2ccccc2CO)CC(=O)C(Sc2cc3c(cc2C(C)(C)C)N(S(=O)(=O)c2ccc(C#N)cc2)CC3)C(=O)O1. The molecule has 0 aliphatic carbocycles. The number of nitrogens with zero attached hydrogens (tertiary/aromatic N) is 2. The summed E-state index contributed by atoms with van der Waals surface area (Å²) in [6, 6.07) is 19.3. The van der Waals surface area contributed by atoms with Crippen LogP contribution in [0.4, 0.5) is 5.69 Å². The van der Waals surface area contributed by atoms with Gasteiger partial charge in [0.05, 0.1) is 28.8 Å². The third-order valence-corrected chi connectivity index (χ3v) is 12.2. The maximum atomic E-state index is 13.8. The van der Waals surface area contributed by atoms with Crippen LogP contribution in [0.1, 0.15) is 75.3 Å². The Morgan fingerprint density at radius 1 is 1.09 bits per heavy atom. The van der Waals surface area contributed by atoms with Crippen LogP contribution in [0.2, 0.25) is 0 Å². The molecule has 0 saturated carbocycles. The fourth-order valence-electron chi connectivity index (χ4n) is 6.25. The van der Waals surface area contributed by atoms with Crippen molar-refractivity contribution >= 4 is 39.2 Å². The Hall–Kier alpha value is -3.65. The number of thioether (sulfide) groups is 1. The van der Waals surface area contributed by atoms with E-state index in [-0.39, 0.29) is 36.2 Å². The van der Waals surface area contributed by atoms with E-state index in [1.165, 1.54) is 40.3 Å². The molecule has 5 rings (SSSR count). The molecule has 8 nitrogen and oxygen atoms in total. The smallest absolute Gasteiger partial charge is 0.327 e. The Kier molecular flexibility index (Phi) is 9.42. The number of ether oxygens (including phenoxy) is 1. The van der Waals surface area contributed by atoms with Gasteiger partial charge in [0.15, 0.2) is 11.0 Å². The number of ketones is 1. The first-order valence-electron chi connectivity index (χ1n) is 15.5. The van der Waals surface area contributed by atoms with Gasteiger partial charge in [-0.1, -0.05) is 58.9 Å². The van der Waals surface area contributed by atoms with Gasteiger partial charge < -0.3 is 9.84 Å². The van der Waals surface area contributed by atoms with Gasteiger partial charge in [-0.2, -0.15) is 5.26 Å². The number of anilines is 1. The third-order valence-electron chi connectivity index (χ3n) is 9.10. The maximum Gasteiger partial charge on any atom is 0.327 e. The highest BCUT2D eigenvalue weighted by atomic mass is 32.2. The van der Waals surface area contributed by atoms with Crippen LogP contribution in [-0.4, -0.2) is 42.7 Å². The molecule has 1 saturated heterocycles. The average molecular weight is 661 g/mol. The normalized spacial score (nSPS) is 20.0. The third kappa shape index (κ3) is 6.46. The van der Waals surface area contributed by atoms with E-state index in [4.69, 9.17) is 10.00 Å². The van der Waals surface area contributed by atoms with Crippen molar-refractivity contribution in [1.29, 1.82) is 5.26 Å². The number of nitriles is 1. The van der Waals surface area contributed by atoms with Gasteiger partial charge in [-0.25, -0.2) is 8.42 Å². The second-order valence-electron chi connectivity index (χ2n) is 13.4. The number of Topliss-reactive ketones (excluding diaryl/α,β-unsaturated/α-hetero) is 1. The molecule has 1 N–H and O–H groups in total. The minimum Gasteiger partial charge on any atom is -0.457 e. The molecule has 1 fully saturated rings. The number of rotatable bonds is 9. The second-order valence-corrected chi connectivity index (χ2v) is 16.4. The Morgan fingerprint density at radius 2 is 1.76 bits per heavy atom. The Morgan fingerprint density at radius 3 is 2.35 bits per heavy atom. The number of hydrogen-bond acceptors (Lipinski definition) is 8. The lowest BCUT2D eigenvalue weighted by Gasteiger charge is -2.42. The first-order valence-corrected chi connectivity index (χ1v) is 17.8. The zero-order valence-electron chi connectivity index (χ0n) is 26.9. The molecule has 2 unspecified atom stereocenters. The lowest BCUT2D eigenvalue weighted by molar-refractivity contribution is -0.176. The summed E-state index contributed by atoms with van der Waals surface area (Å²) in [6.45, 7) is 10.1. The highest BCUT2D eigenvalue weighted by Crippen LogP contribution is 2.45. The fraction of sp³-hybridized carbons (Fsp3) is 0.417. The van der Waals surface area contributed by atoms with Crippen molar-refractivity contribution in [2.45, 2.75) is 93.0 Å². The average Bonchev–Trinajstić information content (AvgIpc) is 3.45. The van der Waals surface area contributed by atoms with Gasteiger partial charge in [-0.15, -0.1) is 11.8 Å². The fourth-order valence-corrected chi connectivity index (χ4v) is 9.06. The molecule has 242 valence electrons. The van der Waals surface area contributed by atoms with Gasteiger partial charge in [-0.05, 0) is 89.2 Å². The first kappa shape index (κ1) is 33.7. The summed E-state index contributed by atoms with van der Waals surface area (Å²) in [5.74, 6) is -0.839. The lowest BCUT2D eigenvalue weighted by Crippen LogP contribution is -2.52. The molecule has 3 aromatic rings. The molecule has 0 spiro atoms. The second kappa shape index (κ2) is 12.9. The molecule has 46 heavy (non-hydrogen) atoms. The van der Waals surface area contributed by atoms with E-state index in [9.17, 15) is 23.1 Å². The Labute approximate surface area is 275 Å². The summed E-state index contributed by atoms with van der Waals surface area (Å²) in [7, 11) is -3.87. The highest BCUT2D eigenvalue weighted by Gasteiger charge is 2.49. The van der Waals surface area contributed by atoms with Crippen LogP contribution in [0, 0.1) is 17.2 Å². The van der Waals surface area contributed by atoms with Crippen LogP contribution in [-0.2, 0) is 49.2 Å². The molecular formula is C36H40N2O6S2. The predicted molar refractivity (Wildman–Crippen MR) is 178 cm³/mol. The standard InChI is InChI=1S/C36H40N2O6S2/c1-23(2)36(16-14-25-8-6-7-9-27(25)22-39)20-31(40)33(34(41)44-36)45-32-18-26-15-17-38(30(26)19-29(32)35(3,4)5)46(42,43)28-12-10-24(21-37)11-13-28/h6-13,18-19,23,33,39H,14-17,20,22H2,1-5H3. The van der Waals surface area contributed by atoms with Crippen molar-refractivity contribution in [3.8, 4) is 6.07 Å². The van der Waals surface area contributed by atoms with Crippen molar-refractivity contribution in [2.24, 2.45) is 5.92 Å². The molecule has 0 radical (unpaired) electrons. The number of benzene rings is 3. The summed E-state index contributed by atoms with van der Waals surface area (Å²) in [4.78, 5) is 28.3. The number of esters is 1. The number of aliphatic hydroxyl groups is 1. The molecular weight excluding hydrogens is 621 g/mol. The number of aryl methyl sites for hydroxylation is 1. The molecule has 2 atom stereocenters. The molecule has 10 heteroatoms. The van der Waals surface area contributed by atoms with Crippen molar-refractivity contribution in [1.82, 2.24) is 0 Å². The predicted octanol–water partition coefficient (Wildman–Crippen LogP) is 6.10. The molecule has 0 amide bonds. The number of aliphatic hydroxyl groups excluding tert-OH is 1. The summed E-state index contributed by atoms with van der Waals surface area (Å²) < 4.78 is 34.9. The van der Waals surface area contributed by atoms with E-state index < -0.39 is 32.3 Å². The Balaban J connectivity index is 1.41. The van der Waals surface area contributed by atoms with Crippen LogP contribution >= 0.6 is 11.8 Å². The van der Waals surface area contributed by atoms with Crippen molar-refractivity contribution in [3.05, 3.63) is 88.5 Å². The van der Waals surface area contributed by atoms with Gasteiger partial charge >= 0.3 is 5.97 Å². The van der Waals surface area contributed by atoms with Crippen LogP contribution in [0.5, 0.6) is 0 Å². The van der Waals surface area contributed by atoms with E-state index in [0.29, 0.717) is 30.5 Å². The van der Waals surface area contributed by atoms with E-state index in [1.54, 1.807) is 0 Å². The van der Waals surface area contributed by atoms with Gasteiger partial charge in [0, 0.05) is 17.9 Å². The quantitative estimate of drug-likeness (QED) is 0.216. The largest absolute Gasteiger partial charge is 0.457 e. The molecule has 2 heterocycles. The monoisotopic (exact) mass is 660 g/mol. The van der Waals surface area contributed by atoms with E-state index in [2.05, 4.69) is 0 Å². The number of hydrogen-bond donors (Lipinski definition) is 1.